The summed E-state index contributed by atoms with van der Waals surface area (Å²) in [6.45, 7) is 5.48. The fraction of sp³-hybridized carbons (Fsp3) is 0.562. The molecule has 1 aliphatic heterocycles. The molecule has 1 aliphatic rings. The van der Waals surface area contributed by atoms with Crippen molar-refractivity contribution in [2.45, 2.75) is 13.3 Å². The first-order valence-electron chi connectivity index (χ1n) is 7.95. The second kappa shape index (κ2) is 11.2. The maximum absolute atomic E-state index is 12.0. The predicted octanol–water partition coefficient (Wildman–Crippen LogP) is 1.57. The molecule has 1 aromatic rings. The van der Waals surface area contributed by atoms with Crippen LogP contribution in [0.3, 0.4) is 0 Å². The average molecular weight is 447 g/mol. The molecule has 134 valence electrons. The normalized spacial score (nSPS) is 17.3. The van der Waals surface area contributed by atoms with Crippen molar-refractivity contribution >= 4 is 41.5 Å². The highest BCUT2D eigenvalue weighted by molar-refractivity contribution is 14.0. The van der Waals surface area contributed by atoms with Gasteiger partial charge in [0.1, 0.15) is 6.54 Å². The Hall–Kier alpha value is -1.42. The molecule has 24 heavy (non-hydrogen) atoms. The van der Waals surface area contributed by atoms with E-state index in [1.54, 1.807) is 31.6 Å². The lowest BCUT2D eigenvalue weighted by Crippen LogP contribution is -2.40. The van der Waals surface area contributed by atoms with Crippen molar-refractivity contribution in [3.05, 3.63) is 24.5 Å². The molecule has 2 rings (SSSR count). The Kier molecular flexibility index (Phi) is 9.62. The number of likely N-dealkylation sites (tertiary alicyclic amines) is 1. The Balaban J connectivity index is 0.00000288. The second-order valence-corrected chi connectivity index (χ2v) is 5.52. The number of carbonyl (C=O) groups excluding carboxylic acids is 1. The highest BCUT2D eigenvalue weighted by Crippen LogP contribution is 2.16. The minimum absolute atomic E-state index is 0. The van der Waals surface area contributed by atoms with E-state index >= 15 is 0 Å². The third-order valence-electron chi connectivity index (χ3n) is 3.64. The van der Waals surface area contributed by atoms with E-state index in [2.05, 4.69) is 25.5 Å². The fourth-order valence-corrected chi connectivity index (χ4v) is 2.61. The lowest BCUT2D eigenvalue weighted by atomic mass is 10.1. The summed E-state index contributed by atoms with van der Waals surface area (Å²) < 4.78 is 5.22. The second-order valence-electron chi connectivity index (χ2n) is 5.52. The van der Waals surface area contributed by atoms with Crippen molar-refractivity contribution in [3.8, 4) is 0 Å². The van der Waals surface area contributed by atoms with E-state index in [4.69, 9.17) is 4.74 Å². The number of anilines is 1. The van der Waals surface area contributed by atoms with E-state index in [-0.39, 0.29) is 36.4 Å². The molecule has 0 radical (unpaired) electrons. The number of nitrogens with zero attached hydrogens (tertiary/aromatic N) is 3. The predicted molar refractivity (Wildman–Crippen MR) is 106 cm³/mol. The summed E-state index contributed by atoms with van der Waals surface area (Å²) in [4.78, 5) is 22.6. The van der Waals surface area contributed by atoms with Gasteiger partial charge in [-0.25, -0.2) is 4.99 Å². The molecular formula is C16H26IN5O2. The number of guanidine groups is 1. The Labute approximate surface area is 160 Å². The summed E-state index contributed by atoms with van der Waals surface area (Å²) >= 11 is 0. The molecule has 0 bridgehead atoms. The largest absolute Gasteiger partial charge is 0.384 e. The van der Waals surface area contributed by atoms with Crippen molar-refractivity contribution < 1.29 is 9.53 Å². The molecule has 0 aliphatic carbocycles. The van der Waals surface area contributed by atoms with E-state index in [0.29, 0.717) is 11.6 Å². The van der Waals surface area contributed by atoms with Gasteiger partial charge in [0.15, 0.2) is 5.96 Å². The average Bonchev–Trinajstić information content (AvgIpc) is 3.01. The van der Waals surface area contributed by atoms with Crippen LogP contribution in [-0.2, 0) is 9.53 Å². The molecule has 1 amide bonds. The Morgan fingerprint density at radius 1 is 1.54 bits per heavy atom. The SMILES string of the molecule is CCNC(=NCC(=O)Nc1cccnc1)N1CCC(COC)C1.I. The minimum atomic E-state index is -0.152. The van der Waals surface area contributed by atoms with Gasteiger partial charge in [-0.05, 0) is 25.5 Å². The first kappa shape index (κ1) is 20.6. The van der Waals surface area contributed by atoms with Gasteiger partial charge < -0.3 is 20.3 Å². The number of hydrogen-bond donors (Lipinski definition) is 2. The van der Waals surface area contributed by atoms with Crippen LogP contribution in [0.1, 0.15) is 13.3 Å². The van der Waals surface area contributed by atoms with Crippen molar-refractivity contribution in [3.63, 3.8) is 0 Å². The molecule has 7 nitrogen and oxygen atoms in total. The molecular weight excluding hydrogens is 421 g/mol. The van der Waals surface area contributed by atoms with E-state index in [9.17, 15) is 4.79 Å². The molecule has 0 spiro atoms. The van der Waals surface area contributed by atoms with Crippen molar-refractivity contribution in [2.24, 2.45) is 10.9 Å². The van der Waals surface area contributed by atoms with E-state index in [0.717, 1.165) is 38.6 Å². The lowest BCUT2D eigenvalue weighted by Gasteiger charge is -2.21. The number of amides is 1. The fourth-order valence-electron chi connectivity index (χ4n) is 2.61. The number of halogens is 1. The van der Waals surface area contributed by atoms with Gasteiger partial charge >= 0.3 is 0 Å². The highest BCUT2D eigenvalue weighted by atomic mass is 127. The first-order chi connectivity index (χ1) is 11.2. The van der Waals surface area contributed by atoms with E-state index < -0.39 is 0 Å². The van der Waals surface area contributed by atoms with Gasteiger partial charge in [0.25, 0.3) is 0 Å². The monoisotopic (exact) mass is 447 g/mol. The molecule has 1 atom stereocenters. The summed E-state index contributed by atoms with van der Waals surface area (Å²) in [5, 5.41) is 6.03. The number of hydrogen-bond acceptors (Lipinski definition) is 4. The molecule has 1 fully saturated rings. The molecule has 1 unspecified atom stereocenters. The maximum Gasteiger partial charge on any atom is 0.246 e. The van der Waals surface area contributed by atoms with Crippen LogP contribution in [0.2, 0.25) is 0 Å². The Bertz CT molecular complexity index is 526. The highest BCUT2D eigenvalue weighted by Gasteiger charge is 2.24. The first-order valence-corrected chi connectivity index (χ1v) is 7.95. The zero-order valence-electron chi connectivity index (χ0n) is 14.2. The van der Waals surface area contributed by atoms with Crippen LogP contribution >= 0.6 is 24.0 Å². The zero-order chi connectivity index (χ0) is 16.5. The molecule has 1 aromatic heterocycles. The zero-order valence-corrected chi connectivity index (χ0v) is 16.5. The van der Waals surface area contributed by atoms with E-state index in [1.807, 2.05) is 6.92 Å². The molecule has 8 heteroatoms. The van der Waals surface area contributed by atoms with Gasteiger partial charge in [-0.1, -0.05) is 0 Å². The van der Waals surface area contributed by atoms with Gasteiger partial charge in [0.05, 0.1) is 18.5 Å². The van der Waals surface area contributed by atoms with Crippen molar-refractivity contribution in [1.29, 1.82) is 0 Å². The van der Waals surface area contributed by atoms with Crippen LogP contribution in [0.4, 0.5) is 5.69 Å². The van der Waals surface area contributed by atoms with Gasteiger partial charge in [0.2, 0.25) is 5.91 Å². The number of methoxy groups -OCH3 is 1. The van der Waals surface area contributed by atoms with Crippen LogP contribution < -0.4 is 10.6 Å². The number of carbonyl (C=O) groups is 1. The summed E-state index contributed by atoms with van der Waals surface area (Å²) in [5.74, 6) is 1.15. The molecule has 0 saturated carbocycles. The van der Waals surface area contributed by atoms with Crippen LogP contribution in [0.15, 0.2) is 29.5 Å². The van der Waals surface area contributed by atoms with Crippen LogP contribution in [0, 0.1) is 5.92 Å². The van der Waals surface area contributed by atoms with E-state index in [1.165, 1.54) is 0 Å². The Morgan fingerprint density at radius 2 is 2.38 bits per heavy atom. The number of nitrogens with one attached hydrogen (secondary N) is 2. The molecule has 2 N–H and O–H groups in total. The topological polar surface area (TPSA) is 78.8 Å². The number of ether oxygens (including phenoxy) is 1. The molecule has 2 heterocycles. The third kappa shape index (κ3) is 6.60. The molecule has 0 aromatic carbocycles. The summed E-state index contributed by atoms with van der Waals surface area (Å²) in [7, 11) is 1.73. The number of pyridine rings is 1. The number of aliphatic imine (C=N–C) groups is 1. The van der Waals surface area contributed by atoms with Gasteiger partial charge in [-0.3, -0.25) is 9.78 Å². The summed E-state index contributed by atoms with van der Waals surface area (Å²) in [5.41, 5.74) is 0.680. The van der Waals surface area contributed by atoms with Crippen LogP contribution in [0.5, 0.6) is 0 Å². The number of rotatable bonds is 6. The third-order valence-corrected chi connectivity index (χ3v) is 3.64. The smallest absolute Gasteiger partial charge is 0.246 e. The Morgan fingerprint density at radius 3 is 3.04 bits per heavy atom. The minimum Gasteiger partial charge on any atom is -0.384 e. The summed E-state index contributed by atoms with van der Waals surface area (Å²) in [6, 6.07) is 3.58. The number of aromatic nitrogens is 1. The lowest BCUT2D eigenvalue weighted by molar-refractivity contribution is -0.114. The standard InChI is InChI=1S/C16H25N5O2.HI/c1-3-18-16(21-8-6-13(11-21)12-23-2)19-10-15(22)20-14-5-4-7-17-9-14;/h4-5,7,9,13H,3,6,8,10-12H2,1-2H3,(H,18,19)(H,20,22);1H. The van der Waals surface area contributed by atoms with Crippen LogP contribution in [0.25, 0.3) is 0 Å². The van der Waals surface area contributed by atoms with Gasteiger partial charge in [0, 0.05) is 38.9 Å². The molecule has 1 saturated heterocycles. The van der Waals surface area contributed by atoms with Crippen LogP contribution in [-0.4, -0.2) is 61.6 Å². The summed E-state index contributed by atoms with van der Waals surface area (Å²) in [6.07, 6.45) is 4.36. The van der Waals surface area contributed by atoms with Gasteiger partial charge in [-0.2, -0.15) is 0 Å². The van der Waals surface area contributed by atoms with Crippen molar-refractivity contribution in [2.75, 3.05) is 45.2 Å². The van der Waals surface area contributed by atoms with Crippen molar-refractivity contribution in [1.82, 2.24) is 15.2 Å². The van der Waals surface area contributed by atoms with Gasteiger partial charge in [-0.15, -0.1) is 24.0 Å². The maximum atomic E-state index is 12.0. The quantitative estimate of drug-likeness (QED) is 0.393.